The molecule has 176 valence electrons. The lowest BCUT2D eigenvalue weighted by molar-refractivity contribution is 0.0634. The van der Waals surface area contributed by atoms with Crippen LogP contribution >= 0.6 is 15.9 Å². The number of rotatable bonds is 5. The van der Waals surface area contributed by atoms with E-state index in [1.54, 1.807) is 63.0 Å². The van der Waals surface area contributed by atoms with E-state index < -0.39 is 23.6 Å². The molecule has 0 spiro atoms. The van der Waals surface area contributed by atoms with Crippen LogP contribution < -0.4 is 10.1 Å². The van der Waals surface area contributed by atoms with Gasteiger partial charge in [-0.25, -0.2) is 23.8 Å². The molecule has 0 unspecified atom stereocenters. The van der Waals surface area contributed by atoms with E-state index in [2.05, 4.69) is 41.3 Å². The van der Waals surface area contributed by atoms with Gasteiger partial charge in [0.05, 0.1) is 22.9 Å². The largest absolute Gasteiger partial charge is 0.480 e. The molecule has 4 aromatic rings. The lowest BCUT2D eigenvalue weighted by Gasteiger charge is -2.22. The molecule has 4 aromatic heterocycles. The summed E-state index contributed by atoms with van der Waals surface area (Å²) in [6.07, 6.45) is 3.24. The van der Waals surface area contributed by atoms with E-state index in [9.17, 15) is 9.18 Å². The summed E-state index contributed by atoms with van der Waals surface area (Å²) in [4.78, 5) is 25.4. The summed E-state index contributed by atoms with van der Waals surface area (Å²) in [6.45, 7) is 7.04. The quantitative estimate of drug-likeness (QED) is 0.336. The first-order chi connectivity index (χ1) is 16.1. The highest BCUT2D eigenvalue weighted by Gasteiger charge is 2.22. The molecule has 0 radical (unpaired) electrons. The van der Waals surface area contributed by atoms with E-state index in [0.717, 1.165) is 11.9 Å². The van der Waals surface area contributed by atoms with Crippen LogP contribution in [0, 0.1) is 5.82 Å². The van der Waals surface area contributed by atoms with Gasteiger partial charge in [-0.05, 0) is 61.8 Å². The van der Waals surface area contributed by atoms with Crippen molar-refractivity contribution in [1.82, 2.24) is 24.7 Å². The molecule has 0 aliphatic rings. The molecule has 0 aliphatic heterocycles. The average Bonchev–Trinajstić information content (AvgIpc) is 3.27. The number of hydrogen-bond donors (Lipinski definition) is 1. The van der Waals surface area contributed by atoms with Crippen molar-refractivity contribution >= 4 is 38.9 Å². The fourth-order valence-corrected chi connectivity index (χ4v) is 3.50. The first-order valence-electron chi connectivity index (χ1n) is 10.4. The van der Waals surface area contributed by atoms with Crippen LogP contribution in [0.3, 0.4) is 0 Å². The first kappa shape index (κ1) is 23.6. The van der Waals surface area contributed by atoms with E-state index in [1.165, 1.54) is 6.07 Å². The zero-order valence-corrected chi connectivity index (χ0v) is 20.5. The predicted molar refractivity (Wildman–Crippen MR) is 127 cm³/mol. The lowest BCUT2D eigenvalue weighted by Crippen LogP contribution is -2.27. The molecule has 1 amide bonds. The number of carbonyl (C=O) groups is 1. The van der Waals surface area contributed by atoms with Crippen LogP contribution in [0.5, 0.6) is 5.75 Å². The fourth-order valence-electron chi connectivity index (χ4n) is 3.18. The standard InChI is InChI=1S/C23H22BrFN6O3/c1-13(20-17(6-7-19(24)29-20)31-9-5-8-27-31)33-18-11-15-16(10-14(25)12-26-15)28-21(18)30-22(32)34-23(2,3)4/h5-13H,1-4H3,(H,28,30,32)/t13-/m0/s1. The molecule has 0 fully saturated rings. The van der Waals surface area contributed by atoms with E-state index in [-0.39, 0.29) is 17.1 Å². The molecule has 0 saturated heterocycles. The van der Waals surface area contributed by atoms with Gasteiger partial charge in [0.25, 0.3) is 0 Å². The molecule has 0 aromatic carbocycles. The Labute approximate surface area is 203 Å². The molecule has 4 heterocycles. The summed E-state index contributed by atoms with van der Waals surface area (Å²) < 4.78 is 27.6. The van der Waals surface area contributed by atoms with Gasteiger partial charge in [-0.2, -0.15) is 5.10 Å². The average molecular weight is 529 g/mol. The second-order valence-electron chi connectivity index (χ2n) is 8.40. The summed E-state index contributed by atoms with van der Waals surface area (Å²) in [5.41, 5.74) is 1.24. The topological polar surface area (TPSA) is 104 Å². The fraction of sp³-hybridized carbons (Fsp3) is 0.261. The van der Waals surface area contributed by atoms with Gasteiger partial charge >= 0.3 is 6.09 Å². The summed E-state index contributed by atoms with van der Waals surface area (Å²) in [5, 5.41) is 6.88. The Balaban J connectivity index is 1.73. The smallest absolute Gasteiger partial charge is 0.413 e. The third kappa shape index (κ3) is 5.48. The van der Waals surface area contributed by atoms with Crippen molar-refractivity contribution in [3.63, 3.8) is 0 Å². The van der Waals surface area contributed by atoms with E-state index in [0.29, 0.717) is 15.8 Å². The first-order valence-corrected chi connectivity index (χ1v) is 11.2. The minimum Gasteiger partial charge on any atom is -0.480 e. The maximum Gasteiger partial charge on any atom is 0.413 e. The number of carbonyl (C=O) groups excluding carboxylic acids is 1. The normalized spacial score (nSPS) is 12.4. The minimum absolute atomic E-state index is 0.0663. The Morgan fingerprint density at radius 3 is 2.71 bits per heavy atom. The minimum atomic E-state index is -0.723. The maximum absolute atomic E-state index is 13.7. The number of aromatic nitrogens is 5. The van der Waals surface area contributed by atoms with Gasteiger partial charge < -0.3 is 9.47 Å². The Hall–Kier alpha value is -3.60. The Morgan fingerprint density at radius 1 is 1.21 bits per heavy atom. The van der Waals surface area contributed by atoms with Gasteiger partial charge in [-0.15, -0.1) is 0 Å². The number of anilines is 1. The Bertz CT molecular complexity index is 1340. The SMILES string of the molecule is C[C@H](Oc1cc2ncc(F)cc2nc1NC(=O)OC(C)(C)C)c1nc(Br)ccc1-n1cccn1. The molecule has 11 heteroatoms. The van der Waals surface area contributed by atoms with Gasteiger partial charge in [0.1, 0.15) is 27.8 Å². The van der Waals surface area contributed by atoms with Crippen LogP contribution in [-0.2, 0) is 4.74 Å². The van der Waals surface area contributed by atoms with Crippen LogP contribution in [0.15, 0.2) is 53.5 Å². The number of ether oxygens (including phenoxy) is 2. The molecule has 9 nitrogen and oxygen atoms in total. The van der Waals surface area contributed by atoms with Crippen LogP contribution in [-0.4, -0.2) is 36.4 Å². The van der Waals surface area contributed by atoms with Crippen molar-refractivity contribution < 1.29 is 18.7 Å². The van der Waals surface area contributed by atoms with Crippen molar-refractivity contribution in [2.75, 3.05) is 5.32 Å². The zero-order valence-electron chi connectivity index (χ0n) is 18.9. The van der Waals surface area contributed by atoms with Gasteiger partial charge in [-0.3, -0.25) is 10.3 Å². The van der Waals surface area contributed by atoms with Gasteiger partial charge in [0.2, 0.25) is 0 Å². The van der Waals surface area contributed by atoms with Crippen molar-refractivity contribution in [2.24, 2.45) is 0 Å². The number of nitrogens with zero attached hydrogens (tertiary/aromatic N) is 5. The van der Waals surface area contributed by atoms with Crippen LogP contribution in [0.4, 0.5) is 15.0 Å². The summed E-state index contributed by atoms with van der Waals surface area (Å²) in [7, 11) is 0. The number of amides is 1. The summed E-state index contributed by atoms with van der Waals surface area (Å²) in [5.74, 6) is -0.262. The van der Waals surface area contributed by atoms with Crippen LogP contribution in [0.1, 0.15) is 39.5 Å². The third-order valence-corrected chi connectivity index (χ3v) is 4.97. The highest BCUT2D eigenvalue weighted by atomic mass is 79.9. The predicted octanol–water partition coefficient (Wildman–Crippen LogP) is 5.60. The summed E-state index contributed by atoms with van der Waals surface area (Å²) in [6, 6.07) is 8.27. The molecule has 1 N–H and O–H groups in total. The number of nitrogens with one attached hydrogen (secondary N) is 1. The zero-order chi connectivity index (χ0) is 24.5. The van der Waals surface area contributed by atoms with E-state index in [1.807, 2.05) is 6.07 Å². The van der Waals surface area contributed by atoms with E-state index in [4.69, 9.17) is 9.47 Å². The molecular weight excluding hydrogens is 507 g/mol. The molecule has 0 bridgehead atoms. The van der Waals surface area contributed by atoms with Gasteiger partial charge in [0, 0.05) is 24.5 Å². The van der Waals surface area contributed by atoms with Crippen LogP contribution in [0.25, 0.3) is 16.7 Å². The highest BCUT2D eigenvalue weighted by Crippen LogP contribution is 2.33. The molecule has 34 heavy (non-hydrogen) atoms. The van der Waals surface area contributed by atoms with Crippen LogP contribution in [0.2, 0.25) is 0 Å². The molecule has 0 aliphatic carbocycles. The van der Waals surface area contributed by atoms with Gasteiger partial charge in [0.15, 0.2) is 11.6 Å². The molecule has 4 rings (SSSR count). The monoisotopic (exact) mass is 528 g/mol. The Morgan fingerprint density at radius 2 is 2.00 bits per heavy atom. The van der Waals surface area contributed by atoms with Crippen molar-refractivity contribution in [2.45, 2.75) is 39.4 Å². The second kappa shape index (κ2) is 9.34. The summed E-state index contributed by atoms with van der Waals surface area (Å²) >= 11 is 3.40. The second-order valence-corrected chi connectivity index (χ2v) is 9.22. The highest BCUT2D eigenvalue weighted by molar-refractivity contribution is 9.10. The maximum atomic E-state index is 13.7. The number of pyridine rings is 3. The number of hydrogen-bond acceptors (Lipinski definition) is 7. The third-order valence-electron chi connectivity index (χ3n) is 4.53. The van der Waals surface area contributed by atoms with E-state index >= 15 is 0 Å². The molecule has 0 saturated carbocycles. The van der Waals surface area contributed by atoms with Crippen molar-refractivity contribution in [1.29, 1.82) is 0 Å². The molecule has 1 atom stereocenters. The Kier molecular flexibility index (Phi) is 6.47. The van der Waals surface area contributed by atoms with Crippen molar-refractivity contribution in [3.05, 3.63) is 65.0 Å². The van der Waals surface area contributed by atoms with Gasteiger partial charge in [-0.1, -0.05) is 0 Å². The lowest BCUT2D eigenvalue weighted by atomic mass is 10.2. The number of halogens is 2. The number of fused-ring (bicyclic) bond motifs is 1. The van der Waals surface area contributed by atoms with Crippen molar-refractivity contribution in [3.8, 4) is 11.4 Å². The molecular formula is C23H22BrFN6O3.